The Morgan fingerprint density at radius 3 is 2.17 bits per heavy atom. The molecule has 1 fully saturated rings. The molecule has 1 aromatic carbocycles. The van der Waals surface area contributed by atoms with Crippen LogP contribution in [0, 0.1) is 0 Å². The van der Waals surface area contributed by atoms with E-state index < -0.39 is 45.9 Å². The molecule has 1 aromatic heterocycles. The second kappa shape index (κ2) is 7.37. The third-order valence-corrected chi connectivity index (χ3v) is 5.71. The lowest BCUT2D eigenvalue weighted by molar-refractivity contribution is -0.274. The number of hydrogen-bond donors (Lipinski definition) is 0. The first kappa shape index (κ1) is 21.2. The Morgan fingerprint density at radius 2 is 1.62 bits per heavy atom. The summed E-state index contributed by atoms with van der Waals surface area (Å²) in [6.07, 6.45) is -9.33. The van der Waals surface area contributed by atoms with Crippen molar-refractivity contribution in [1.29, 1.82) is 0 Å². The number of alkyl halides is 6. The average Bonchev–Trinajstić information content (AvgIpc) is 2.56. The molecule has 1 aliphatic rings. The van der Waals surface area contributed by atoms with Crippen molar-refractivity contribution in [2.75, 3.05) is 13.1 Å². The number of rotatable bonds is 5. The van der Waals surface area contributed by atoms with Crippen LogP contribution in [0.3, 0.4) is 0 Å². The van der Waals surface area contributed by atoms with Crippen LogP contribution in [-0.2, 0) is 16.2 Å². The summed E-state index contributed by atoms with van der Waals surface area (Å²) in [5.41, 5.74) is -1.08. The van der Waals surface area contributed by atoms with Gasteiger partial charge in [0.2, 0.25) is 15.9 Å². The molecule has 0 aliphatic carbocycles. The fourth-order valence-corrected chi connectivity index (χ4v) is 4.00. The van der Waals surface area contributed by atoms with E-state index in [1.54, 1.807) is 0 Å². The quantitative estimate of drug-likeness (QED) is 0.664. The van der Waals surface area contributed by atoms with Crippen molar-refractivity contribution in [3.05, 3.63) is 48.2 Å². The predicted octanol–water partition coefficient (Wildman–Crippen LogP) is 3.45. The van der Waals surface area contributed by atoms with Crippen LogP contribution in [-0.4, -0.2) is 43.3 Å². The molecule has 2 heterocycles. The van der Waals surface area contributed by atoms with Crippen LogP contribution >= 0.6 is 0 Å². The summed E-state index contributed by atoms with van der Waals surface area (Å²) in [5, 5.41) is 0. The second-order valence-corrected chi connectivity index (χ2v) is 7.87. The molecule has 0 saturated carbocycles. The van der Waals surface area contributed by atoms with Gasteiger partial charge in [0.15, 0.2) is 0 Å². The molecule has 6 nitrogen and oxygen atoms in total. The minimum absolute atomic E-state index is 0.239. The molecule has 1 saturated heterocycles. The highest BCUT2D eigenvalue weighted by Gasteiger charge is 2.41. The van der Waals surface area contributed by atoms with Gasteiger partial charge in [0, 0.05) is 6.20 Å². The van der Waals surface area contributed by atoms with E-state index in [1.165, 1.54) is 0 Å². The Morgan fingerprint density at radius 1 is 1.00 bits per heavy atom. The molecule has 0 atom stereocenters. The van der Waals surface area contributed by atoms with Crippen molar-refractivity contribution in [3.63, 3.8) is 0 Å². The second-order valence-electron chi connectivity index (χ2n) is 5.93. The van der Waals surface area contributed by atoms with Crippen molar-refractivity contribution in [1.82, 2.24) is 9.29 Å². The van der Waals surface area contributed by atoms with Crippen LogP contribution in [0.15, 0.2) is 47.5 Å². The summed E-state index contributed by atoms with van der Waals surface area (Å²) >= 11 is 0. The van der Waals surface area contributed by atoms with E-state index in [1.807, 2.05) is 0 Å². The smallest absolute Gasteiger partial charge is 0.471 e. The Hall–Kier alpha value is -2.54. The largest absolute Gasteiger partial charge is 0.573 e. The average molecular weight is 442 g/mol. The van der Waals surface area contributed by atoms with E-state index in [0.717, 1.165) is 46.9 Å². The lowest BCUT2D eigenvalue weighted by atomic mass is 10.2. The van der Waals surface area contributed by atoms with Gasteiger partial charge in [0.05, 0.1) is 18.0 Å². The molecular weight excluding hydrogens is 430 g/mol. The van der Waals surface area contributed by atoms with E-state index in [-0.39, 0.29) is 18.0 Å². The van der Waals surface area contributed by atoms with Crippen molar-refractivity contribution in [3.8, 4) is 11.6 Å². The molecule has 0 unspecified atom stereocenters. The number of halogens is 6. The van der Waals surface area contributed by atoms with Gasteiger partial charge in [-0.15, -0.1) is 13.2 Å². The maximum atomic E-state index is 12.9. The maximum Gasteiger partial charge on any atom is 0.573 e. The zero-order valence-corrected chi connectivity index (χ0v) is 15.1. The topological polar surface area (TPSA) is 68.7 Å². The lowest BCUT2D eigenvalue weighted by Gasteiger charge is -2.37. The summed E-state index contributed by atoms with van der Waals surface area (Å²) in [5.74, 6) is -1.24. The summed E-state index contributed by atoms with van der Waals surface area (Å²) in [6, 6.07) is 5.45. The highest BCUT2D eigenvalue weighted by Crippen LogP contribution is 2.36. The Kier molecular flexibility index (Phi) is 5.38. The third kappa shape index (κ3) is 4.90. The molecule has 3 rings (SSSR count). The molecule has 2 aromatic rings. The summed E-state index contributed by atoms with van der Waals surface area (Å²) in [6.45, 7) is -0.478. The number of sulfonamides is 1. The minimum Gasteiger partial charge on any atom is -0.471 e. The highest BCUT2D eigenvalue weighted by molar-refractivity contribution is 7.89. The number of pyridine rings is 1. The molecule has 29 heavy (non-hydrogen) atoms. The van der Waals surface area contributed by atoms with Gasteiger partial charge in [-0.1, -0.05) is 0 Å². The third-order valence-electron chi connectivity index (χ3n) is 3.86. The van der Waals surface area contributed by atoms with E-state index in [9.17, 15) is 34.8 Å². The fraction of sp³-hybridized carbons (Fsp3) is 0.312. The monoisotopic (exact) mass is 442 g/mol. The van der Waals surface area contributed by atoms with Crippen LogP contribution in [0.1, 0.15) is 5.56 Å². The van der Waals surface area contributed by atoms with E-state index in [4.69, 9.17) is 4.74 Å². The Bertz CT molecular complexity index is 970. The van der Waals surface area contributed by atoms with Gasteiger partial charge in [-0.05, 0) is 36.4 Å². The number of aromatic nitrogens is 1. The van der Waals surface area contributed by atoms with Crippen LogP contribution in [0.5, 0.6) is 11.6 Å². The predicted molar refractivity (Wildman–Crippen MR) is 85.5 cm³/mol. The highest BCUT2D eigenvalue weighted by atomic mass is 32.2. The molecule has 13 heteroatoms. The van der Waals surface area contributed by atoms with Gasteiger partial charge in [-0.25, -0.2) is 13.4 Å². The number of benzene rings is 1. The van der Waals surface area contributed by atoms with E-state index in [2.05, 4.69) is 9.72 Å². The van der Waals surface area contributed by atoms with Crippen LogP contribution in [0.25, 0.3) is 0 Å². The van der Waals surface area contributed by atoms with Gasteiger partial charge in [-0.3, -0.25) is 0 Å². The standard InChI is InChI=1S/C16H12F6N2O4S/c17-15(18,19)13-2-1-7-23-14(13)27-11-8-24(9-11)29(25,26)12-5-3-10(4-6-12)28-16(20,21)22/h1-7,11H,8-9H2. The first-order valence-corrected chi connectivity index (χ1v) is 9.35. The van der Waals surface area contributed by atoms with Crippen LogP contribution in [0.4, 0.5) is 26.3 Å². The van der Waals surface area contributed by atoms with Gasteiger partial charge in [-0.2, -0.15) is 17.5 Å². The van der Waals surface area contributed by atoms with Gasteiger partial charge >= 0.3 is 12.5 Å². The summed E-state index contributed by atoms with van der Waals surface area (Å²) in [7, 11) is -4.05. The van der Waals surface area contributed by atoms with E-state index >= 15 is 0 Å². The number of nitrogens with zero attached hydrogens (tertiary/aromatic N) is 2. The van der Waals surface area contributed by atoms with Crippen molar-refractivity contribution < 1.29 is 44.2 Å². The summed E-state index contributed by atoms with van der Waals surface area (Å²) in [4.78, 5) is 3.24. The Labute approximate surface area is 160 Å². The number of ether oxygens (including phenoxy) is 2. The SMILES string of the molecule is O=S(=O)(c1ccc(OC(F)(F)F)cc1)N1CC(Oc2ncccc2C(F)(F)F)C1. The van der Waals surface area contributed by atoms with Crippen LogP contribution in [0.2, 0.25) is 0 Å². The van der Waals surface area contributed by atoms with E-state index in [0.29, 0.717) is 0 Å². The molecule has 0 bridgehead atoms. The van der Waals surface area contributed by atoms with Gasteiger partial charge in [0.25, 0.3) is 0 Å². The summed E-state index contributed by atoms with van der Waals surface area (Å²) < 4.78 is 110. The molecule has 158 valence electrons. The fourth-order valence-electron chi connectivity index (χ4n) is 2.49. The Balaban J connectivity index is 1.65. The molecule has 0 spiro atoms. The minimum atomic E-state index is -4.91. The van der Waals surface area contributed by atoms with Crippen molar-refractivity contribution in [2.24, 2.45) is 0 Å². The first-order valence-electron chi connectivity index (χ1n) is 7.91. The molecule has 0 amide bonds. The lowest BCUT2D eigenvalue weighted by Crippen LogP contribution is -2.56. The first-order chi connectivity index (χ1) is 13.4. The molecule has 1 aliphatic heterocycles. The molecule has 0 N–H and O–H groups in total. The molecular formula is C16H12F6N2O4S. The van der Waals surface area contributed by atoms with Gasteiger partial charge in [0.1, 0.15) is 17.4 Å². The van der Waals surface area contributed by atoms with Crippen molar-refractivity contribution in [2.45, 2.75) is 23.5 Å². The zero-order chi connectivity index (χ0) is 21.4. The van der Waals surface area contributed by atoms with Crippen LogP contribution < -0.4 is 9.47 Å². The maximum absolute atomic E-state index is 12.9. The zero-order valence-electron chi connectivity index (χ0n) is 14.2. The van der Waals surface area contributed by atoms with Crippen molar-refractivity contribution >= 4 is 10.0 Å². The number of hydrogen-bond acceptors (Lipinski definition) is 5. The molecule has 0 radical (unpaired) electrons. The van der Waals surface area contributed by atoms with Gasteiger partial charge < -0.3 is 9.47 Å². The normalized spacial score (nSPS) is 16.3.